The number of hydrogen-bond donors (Lipinski definition) is 0. The van der Waals surface area contributed by atoms with Gasteiger partial charge in [0, 0.05) is 24.6 Å². The molecule has 0 spiro atoms. The van der Waals surface area contributed by atoms with Crippen molar-refractivity contribution in [1.82, 2.24) is 10.1 Å². The van der Waals surface area contributed by atoms with Crippen molar-refractivity contribution in [2.45, 2.75) is 19.3 Å². The van der Waals surface area contributed by atoms with Gasteiger partial charge in [0.2, 0.25) is 5.91 Å². The van der Waals surface area contributed by atoms with Crippen LogP contribution in [0.15, 0.2) is 53.1 Å². The van der Waals surface area contributed by atoms with Crippen molar-refractivity contribution in [2.75, 3.05) is 18.1 Å². The Kier molecular flexibility index (Phi) is 4.58. The van der Waals surface area contributed by atoms with Gasteiger partial charge in [0.1, 0.15) is 11.6 Å². The molecular formula is C20H18FN3O3. The topological polar surface area (TPSA) is 68.5 Å². The molecule has 0 bridgehead atoms. The maximum Gasteiger partial charge on any atom is 0.261 e. The van der Waals surface area contributed by atoms with E-state index in [-0.39, 0.29) is 24.1 Å². The molecule has 1 saturated heterocycles. The third-order valence-electron chi connectivity index (χ3n) is 4.47. The smallest absolute Gasteiger partial charge is 0.261 e. The number of carbonyl (C=O) groups excluding carboxylic acids is 1. The number of rotatable bonds is 5. The minimum atomic E-state index is -0.377. The average molecular weight is 367 g/mol. The van der Waals surface area contributed by atoms with Crippen molar-refractivity contribution in [3.8, 4) is 17.2 Å². The molecule has 0 saturated carbocycles. The molecule has 2 aromatic carbocycles. The van der Waals surface area contributed by atoms with Crippen molar-refractivity contribution in [2.24, 2.45) is 0 Å². The molecule has 1 atom stereocenters. The zero-order valence-electron chi connectivity index (χ0n) is 14.8. The second-order valence-corrected chi connectivity index (χ2v) is 6.27. The summed E-state index contributed by atoms with van der Waals surface area (Å²) in [5.41, 5.74) is 1.25. The molecule has 4 rings (SSSR count). The van der Waals surface area contributed by atoms with E-state index in [1.807, 2.05) is 31.2 Å². The van der Waals surface area contributed by atoms with E-state index in [0.717, 1.165) is 0 Å². The van der Waals surface area contributed by atoms with Gasteiger partial charge >= 0.3 is 0 Å². The lowest BCUT2D eigenvalue weighted by molar-refractivity contribution is -0.117. The first-order valence-corrected chi connectivity index (χ1v) is 8.77. The number of carbonyl (C=O) groups is 1. The minimum Gasteiger partial charge on any atom is -0.493 e. The van der Waals surface area contributed by atoms with Crippen molar-refractivity contribution in [3.63, 3.8) is 0 Å². The number of hydrogen-bond acceptors (Lipinski definition) is 5. The predicted octanol–water partition coefficient (Wildman–Crippen LogP) is 3.79. The highest BCUT2D eigenvalue weighted by atomic mass is 19.1. The molecule has 1 fully saturated rings. The Morgan fingerprint density at radius 1 is 1.26 bits per heavy atom. The van der Waals surface area contributed by atoms with Gasteiger partial charge in [0.25, 0.3) is 5.89 Å². The van der Waals surface area contributed by atoms with Crippen LogP contribution in [0.25, 0.3) is 11.5 Å². The third-order valence-corrected chi connectivity index (χ3v) is 4.47. The number of benzene rings is 2. The standard InChI is InChI=1S/C20H18FN3O3/c1-2-26-17-9-4-3-8-16(17)20-22-19(23-27-20)13-10-18(25)24(12-13)15-7-5-6-14(21)11-15/h3-9,11,13H,2,10,12H2,1H3. The summed E-state index contributed by atoms with van der Waals surface area (Å²) < 4.78 is 24.5. The van der Waals surface area contributed by atoms with E-state index < -0.39 is 0 Å². The fourth-order valence-electron chi connectivity index (χ4n) is 3.21. The van der Waals surface area contributed by atoms with Crippen LogP contribution in [0.1, 0.15) is 25.1 Å². The number of anilines is 1. The van der Waals surface area contributed by atoms with Crippen LogP contribution in [0.4, 0.5) is 10.1 Å². The van der Waals surface area contributed by atoms with Crippen molar-refractivity contribution >= 4 is 11.6 Å². The quantitative estimate of drug-likeness (QED) is 0.686. The lowest BCUT2D eigenvalue weighted by Crippen LogP contribution is -2.24. The van der Waals surface area contributed by atoms with E-state index in [1.165, 1.54) is 12.1 Å². The summed E-state index contributed by atoms with van der Waals surface area (Å²) >= 11 is 0. The second-order valence-electron chi connectivity index (χ2n) is 6.27. The summed E-state index contributed by atoms with van der Waals surface area (Å²) in [7, 11) is 0. The van der Waals surface area contributed by atoms with Gasteiger partial charge < -0.3 is 14.2 Å². The number of nitrogens with zero attached hydrogens (tertiary/aromatic N) is 3. The first kappa shape index (κ1) is 17.2. The highest BCUT2D eigenvalue weighted by Gasteiger charge is 2.35. The van der Waals surface area contributed by atoms with Gasteiger partial charge in [-0.2, -0.15) is 4.98 Å². The zero-order valence-corrected chi connectivity index (χ0v) is 14.8. The number of amides is 1. The molecule has 2 heterocycles. The number of aromatic nitrogens is 2. The predicted molar refractivity (Wildman–Crippen MR) is 97.0 cm³/mol. The molecule has 1 unspecified atom stereocenters. The Balaban J connectivity index is 1.57. The fraction of sp³-hybridized carbons (Fsp3) is 0.250. The molecule has 3 aromatic rings. The maximum absolute atomic E-state index is 13.5. The summed E-state index contributed by atoms with van der Waals surface area (Å²) in [4.78, 5) is 18.4. The normalized spacial score (nSPS) is 16.7. The number of halogens is 1. The van der Waals surface area contributed by atoms with Gasteiger partial charge in [-0.1, -0.05) is 23.4 Å². The minimum absolute atomic E-state index is 0.0910. The second kappa shape index (κ2) is 7.19. The van der Waals surface area contributed by atoms with Gasteiger partial charge in [0.15, 0.2) is 5.82 Å². The van der Waals surface area contributed by atoms with Crippen molar-refractivity contribution < 1.29 is 18.4 Å². The molecule has 1 aromatic heterocycles. The molecule has 0 N–H and O–H groups in total. The summed E-state index contributed by atoms with van der Waals surface area (Å²) in [5.74, 6) is 0.802. The maximum atomic E-state index is 13.5. The molecule has 1 aliphatic heterocycles. The molecule has 1 aliphatic rings. The fourth-order valence-corrected chi connectivity index (χ4v) is 3.21. The first-order chi connectivity index (χ1) is 13.2. The van der Waals surface area contributed by atoms with Crippen LogP contribution in [0.2, 0.25) is 0 Å². The number of ether oxygens (including phenoxy) is 1. The van der Waals surface area contributed by atoms with Gasteiger partial charge in [-0.3, -0.25) is 4.79 Å². The molecule has 7 heteroatoms. The highest BCUT2D eigenvalue weighted by molar-refractivity contribution is 5.96. The monoisotopic (exact) mass is 367 g/mol. The Hall–Kier alpha value is -3.22. The first-order valence-electron chi connectivity index (χ1n) is 8.77. The summed E-state index contributed by atoms with van der Waals surface area (Å²) in [6.45, 7) is 2.81. The highest BCUT2D eigenvalue weighted by Crippen LogP contribution is 2.33. The number of para-hydroxylation sites is 1. The lowest BCUT2D eigenvalue weighted by atomic mass is 10.1. The average Bonchev–Trinajstić information content (AvgIpc) is 3.29. The lowest BCUT2D eigenvalue weighted by Gasteiger charge is -2.15. The SMILES string of the molecule is CCOc1ccccc1-c1nc(C2CC(=O)N(c3cccc(F)c3)C2)no1. The van der Waals surface area contributed by atoms with E-state index in [4.69, 9.17) is 9.26 Å². The van der Waals surface area contributed by atoms with Crippen LogP contribution >= 0.6 is 0 Å². The van der Waals surface area contributed by atoms with E-state index in [1.54, 1.807) is 17.0 Å². The van der Waals surface area contributed by atoms with Crippen LogP contribution in [0.5, 0.6) is 5.75 Å². The molecule has 27 heavy (non-hydrogen) atoms. The van der Waals surface area contributed by atoms with E-state index in [2.05, 4.69) is 10.1 Å². The van der Waals surface area contributed by atoms with Crippen LogP contribution in [0, 0.1) is 5.82 Å². The van der Waals surface area contributed by atoms with Crippen molar-refractivity contribution in [3.05, 3.63) is 60.2 Å². The van der Waals surface area contributed by atoms with E-state index >= 15 is 0 Å². The molecule has 6 nitrogen and oxygen atoms in total. The van der Waals surface area contributed by atoms with Gasteiger partial charge in [0.05, 0.1) is 12.2 Å². The van der Waals surface area contributed by atoms with Crippen LogP contribution in [0.3, 0.4) is 0 Å². The zero-order chi connectivity index (χ0) is 18.8. The summed E-state index contributed by atoms with van der Waals surface area (Å²) in [6.07, 6.45) is 0.253. The van der Waals surface area contributed by atoms with Crippen LogP contribution in [-0.2, 0) is 4.79 Å². The molecule has 0 radical (unpaired) electrons. The summed E-state index contributed by atoms with van der Waals surface area (Å²) in [5, 5.41) is 4.06. The molecule has 0 aliphatic carbocycles. The van der Waals surface area contributed by atoms with Gasteiger partial charge in [-0.15, -0.1) is 0 Å². The Labute approximate surface area is 155 Å². The molecule has 138 valence electrons. The van der Waals surface area contributed by atoms with Gasteiger partial charge in [-0.05, 0) is 37.3 Å². The van der Waals surface area contributed by atoms with Gasteiger partial charge in [-0.25, -0.2) is 4.39 Å². The summed E-state index contributed by atoms with van der Waals surface area (Å²) in [6, 6.07) is 13.4. The molecular weight excluding hydrogens is 349 g/mol. The Morgan fingerprint density at radius 2 is 2.11 bits per heavy atom. The largest absolute Gasteiger partial charge is 0.493 e. The Morgan fingerprint density at radius 3 is 2.93 bits per heavy atom. The van der Waals surface area contributed by atoms with Crippen LogP contribution in [-0.4, -0.2) is 29.2 Å². The third kappa shape index (κ3) is 3.40. The molecule has 1 amide bonds. The Bertz CT molecular complexity index is 972. The van der Waals surface area contributed by atoms with Crippen molar-refractivity contribution in [1.29, 1.82) is 0 Å². The van der Waals surface area contributed by atoms with E-state index in [9.17, 15) is 9.18 Å². The van der Waals surface area contributed by atoms with Crippen LogP contribution < -0.4 is 9.64 Å². The van der Waals surface area contributed by atoms with E-state index in [0.29, 0.717) is 41.9 Å².